The number of anilines is 1. The average Bonchev–Trinajstić information content (AvgIpc) is 2.42. The number of phenols is 1. The van der Waals surface area contributed by atoms with Crippen molar-refractivity contribution in [2.45, 2.75) is 25.8 Å². The Balaban J connectivity index is 0.00000200. The van der Waals surface area contributed by atoms with Gasteiger partial charge >= 0.3 is 6.09 Å². The average molecular weight is 337 g/mol. The van der Waals surface area contributed by atoms with E-state index < -0.39 is 0 Å². The Kier molecular flexibility index (Phi) is 8.97. The molecule has 5 nitrogen and oxygen atoms in total. The lowest BCUT2D eigenvalue weighted by Gasteiger charge is -2.32. The summed E-state index contributed by atoms with van der Waals surface area (Å²) in [6.07, 6.45) is 1.59. The summed E-state index contributed by atoms with van der Waals surface area (Å²) in [6, 6.07) is 7.39. The Bertz CT molecular complexity index is 421. The minimum Gasteiger partial charge on any atom is -0.508 e. The molecule has 2 rings (SSSR count). The van der Waals surface area contributed by atoms with Gasteiger partial charge in [0.05, 0.1) is 6.61 Å². The highest BCUT2D eigenvalue weighted by molar-refractivity contribution is 5.85. The van der Waals surface area contributed by atoms with Gasteiger partial charge in [-0.1, -0.05) is 0 Å². The Hall–Kier alpha value is -1.33. The number of ether oxygens (including phenoxy) is 1. The Morgan fingerprint density at radius 1 is 1.29 bits per heavy atom. The topological polar surface area (TPSA) is 61.8 Å². The maximum Gasteiger partial charge on any atom is 0.409 e. The van der Waals surface area contributed by atoms with Crippen molar-refractivity contribution in [3.05, 3.63) is 24.3 Å². The summed E-state index contributed by atoms with van der Waals surface area (Å²) in [4.78, 5) is 13.3. The molecule has 7 heteroatoms. The monoisotopic (exact) mass is 336 g/mol. The molecule has 0 saturated carbocycles. The van der Waals surface area contributed by atoms with Crippen LogP contribution in [-0.2, 0) is 4.74 Å². The van der Waals surface area contributed by atoms with E-state index in [1.807, 2.05) is 19.1 Å². The van der Waals surface area contributed by atoms with Crippen LogP contribution in [0, 0.1) is 0 Å². The fourth-order valence-electron chi connectivity index (χ4n) is 2.21. The molecule has 0 bridgehead atoms. The summed E-state index contributed by atoms with van der Waals surface area (Å²) < 4.78 is 4.99. The number of rotatable bonds is 3. The molecule has 1 aliphatic rings. The van der Waals surface area contributed by atoms with E-state index in [9.17, 15) is 9.90 Å². The first-order chi connectivity index (χ1) is 9.19. The van der Waals surface area contributed by atoms with E-state index in [1.165, 1.54) is 0 Å². The van der Waals surface area contributed by atoms with Crippen LogP contribution in [0.5, 0.6) is 5.75 Å². The normalized spacial score (nSPS) is 14.6. The van der Waals surface area contributed by atoms with Gasteiger partial charge in [0.15, 0.2) is 0 Å². The van der Waals surface area contributed by atoms with Crippen LogP contribution < -0.4 is 5.32 Å². The van der Waals surface area contributed by atoms with Crippen molar-refractivity contribution in [2.75, 3.05) is 25.0 Å². The zero-order chi connectivity index (χ0) is 13.7. The van der Waals surface area contributed by atoms with Crippen molar-refractivity contribution in [1.82, 2.24) is 4.90 Å². The number of carbonyl (C=O) groups is 1. The smallest absolute Gasteiger partial charge is 0.409 e. The second kappa shape index (κ2) is 9.58. The molecule has 1 fully saturated rings. The minimum absolute atomic E-state index is 0. The van der Waals surface area contributed by atoms with Gasteiger partial charge in [-0.25, -0.2) is 4.79 Å². The number of piperidine rings is 1. The number of nitrogens with zero attached hydrogens (tertiary/aromatic N) is 1. The number of phenolic OH excluding ortho intramolecular Hbond substituents is 1. The SMILES string of the molecule is CCOC(=O)N1CCC(Nc2ccc(O)cc2)CC1.Cl.Cl. The highest BCUT2D eigenvalue weighted by atomic mass is 35.5. The third-order valence-corrected chi connectivity index (χ3v) is 3.26. The molecular weight excluding hydrogens is 315 g/mol. The summed E-state index contributed by atoms with van der Waals surface area (Å²) in [6.45, 7) is 3.67. The molecule has 1 saturated heterocycles. The van der Waals surface area contributed by atoms with E-state index in [4.69, 9.17) is 4.74 Å². The maximum absolute atomic E-state index is 11.6. The van der Waals surface area contributed by atoms with Gasteiger partial charge in [-0.2, -0.15) is 0 Å². The third kappa shape index (κ3) is 5.89. The van der Waals surface area contributed by atoms with Crippen LogP contribution >= 0.6 is 24.8 Å². The number of hydrogen-bond donors (Lipinski definition) is 2. The van der Waals surface area contributed by atoms with E-state index in [2.05, 4.69) is 5.32 Å². The van der Waals surface area contributed by atoms with E-state index in [-0.39, 0.29) is 36.7 Å². The van der Waals surface area contributed by atoms with E-state index in [0.717, 1.165) is 18.5 Å². The molecule has 0 aromatic heterocycles. The van der Waals surface area contributed by atoms with Crippen LogP contribution in [0.1, 0.15) is 19.8 Å². The molecule has 1 aromatic rings. The highest BCUT2D eigenvalue weighted by Gasteiger charge is 2.23. The van der Waals surface area contributed by atoms with Crippen LogP contribution in [-0.4, -0.2) is 41.8 Å². The highest BCUT2D eigenvalue weighted by Crippen LogP contribution is 2.19. The molecule has 1 heterocycles. The molecule has 0 atom stereocenters. The lowest BCUT2D eigenvalue weighted by molar-refractivity contribution is 0.0983. The van der Waals surface area contributed by atoms with E-state index in [1.54, 1.807) is 17.0 Å². The van der Waals surface area contributed by atoms with Crippen LogP contribution in [0.25, 0.3) is 0 Å². The number of amides is 1. The first-order valence-electron chi connectivity index (χ1n) is 6.66. The second-order valence-corrected chi connectivity index (χ2v) is 4.65. The van der Waals surface area contributed by atoms with E-state index >= 15 is 0 Å². The summed E-state index contributed by atoms with van der Waals surface area (Å²) in [5.41, 5.74) is 0.993. The molecule has 120 valence electrons. The molecule has 1 amide bonds. The molecule has 1 aromatic carbocycles. The van der Waals surface area contributed by atoms with Gasteiger partial charge < -0.3 is 20.1 Å². The molecule has 0 radical (unpaired) electrons. The van der Waals surface area contributed by atoms with Crippen molar-refractivity contribution in [3.8, 4) is 5.75 Å². The predicted octanol–water partition coefficient (Wildman–Crippen LogP) is 3.27. The number of benzene rings is 1. The third-order valence-electron chi connectivity index (χ3n) is 3.26. The number of nitrogens with one attached hydrogen (secondary N) is 1. The van der Waals surface area contributed by atoms with Crippen molar-refractivity contribution in [3.63, 3.8) is 0 Å². The largest absolute Gasteiger partial charge is 0.508 e. The summed E-state index contributed by atoms with van der Waals surface area (Å²) in [5.74, 6) is 0.266. The number of aromatic hydroxyl groups is 1. The zero-order valence-electron chi connectivity index (χ0n) is 11.9. The quantitative estimate of drug-likeness (QED) is 0.831. The van der Waals surface area contributed by atoms with Crippen molar-refractivity contribution < 1.29 is 14.6 Å². The molecular formula is C14H22Cl2N2O3. The lowest BCUT2D eigenvalue weighted by atomic mass is 10.1. The number of likely N-dealkylation sites (tertiary alicyclic amines) is 1. The van der Waals surface area contributed by atoms with Crippen LogP contribution in [0.15, 0.2) is 24.3 Å². The zero-order valence-corrected chi connectivity index (χ0v) is 13.6. The van der Waals surface area contributed by atoms with Gasteiger partial charge in [-0.05, 0) is 44.0 Å². The standard InChI is InChI=1S/C14H20N2O3.2ClH/c1-2-19-14(18)16-9-7-12(8-10-16)15-11-3-5-13(17)6-4-11;;/h3-6,12,15,17H,2,7-10H2,1H3;2*1H. The van der Waals surface area contributed by atoms with Gasteiger partial charge in [0, 0.05) is 24.8 Å². The molecule has 21 heavy (non-hydrogen) atoms. The summed E-state index contributed by atoms with van der Waals surface area (Å²) >= 11 is 0. The second-order valence-electron chi connectivity index (χ2n) is 4.65. The molecule has 0 unspecified atom stereocenters. The van der Waals surface area contributed by atoms with Gasteiger partial charge in [-0.15, -0.1) is 24.8 Å². The Labute approximate surface area is 137 Å². The molecule has 1 aliphatic heterocycles. The van der Waals surface area contributed by atoms with E-state index in [0.29, 0.717) is 25.7 Å². The number of hydrogen-bond acceptors (Lipinski definition) is 4. The molecule has 0 spiro atoms. The first-order valence-corrected chi connectivity index (χ1v) is 6.66. The Morgan fingerprint density at radius 2 is 1.86 bits per heavy atom. The lowest BCUT2D eigenvalue weighted by Crippen LogP contribution is -2.42. The molecule has 2 N–H and O–H groups in total. The van der Waals surface area contributed by atoms with Gasteiger partial charge in [0.25, 0.3) is 0 Å². The Morgan fingerprint density at radius 3 is 2.38 bits per heavy atom. The van der Waals surface area contributed by atoms with Crippen LogP contribution in [0.3, 0.4) is 0 Å². The van der Waals surface area contributed by atoms with Gasteiger partial charge in [0.1, 0.15) is 5.75 Å². The minimum atomic E-state index is -0.217. The predicted molar refractivity (Wildman–Crippen MR) is 87.8 cm³/mol. The van der Waals surface area contributed by atoms with Crippen molar-refractivity contribution >= 4 is 36.6 Å². The number of carbonyl (C=O) groups excluding carboxylic acids is 1. The van der Waals surface area contributed by atoms with Crippen molar-refractivity contribution in [1.29, 1.82) is 0 Å². The first kappa shape index (κ1) is 19.7. The fraction of sp³-hybridized carbons (Fsp3) is 0.500. The van der Waals surface area contributed by atoms with Crippen molar-refractivity contribution in [2.24, 2.45) is 0 Å². The number of halogens is 2. The summed E-state index contributed by atoms with van der Waals surface area (Å²) in [5, 5.41) is 12.6. The molecule has 0 aliphatic carbocycles. The maximum atomic E-state index is 11.6. The fourth-order valence-corrected chi connectivity index (χ4v) is 2.21. The van der Waals surface area contributed by atoms with Crippen LogP contribution in [0.2, 0.25) is 0 Å². The summed E-state index contributed by atoms with van der Waals surface area (Å²) in [7, 11) is 0. The van der Waals surface area contributed by atoms with Crippen LogP contribution in [0.4, 0.5) is 10.5 Å². The van der Waals surface area contributed by atoms with Gasteiger partial charge in [0.2, 0.25) is 0 Å². The van der Waals surface area contributed by atoms with Gasteiger partial charge in [-0.3, -0.25) is 0 Å².